The van der Waals surface area contributed by atoms with Gasteiger partial charge in [-0.3, -0.25) is 4.79 Å². The van der Waals surface area contributed by atoms with E-state index in [-0.39, 0.29) is 18.9 Å². The molecule has 2 fully saturated rings. The van der Waals surface area contributed by atoms with Gasteiger partial charge in [0.25, 0.3) is 0 Å². The number of hydrogen-bond acceptors (Lipinski definition) is 13. The summed E-state index contributed by atoms with van der Waals surface area (Å²) in [6.07, 6.45) is 63.3. The van der Waals surface area contributed by atoms with Gasteiger partial charge in [0.1, 0.15) is 48.8 Å². The van der Waals surface area contributed by atoms with Crippen LogP contribution in [0.2, 0.25) is 0 Å². The van der Waals surface area contributed by atoms with E-state index in [2.05, 4.69) is 104 Å². The summed E-state index contributed by atoms with van der Waals surface area (Å²) in [4.78, 5) is 13.3. The van der Waals surface area contributed by atoms with Gasteiger partial charge in [-0.1, -0.05) is 278 Å². The molecule has 12 atom stereocenters. The van der Waals surface area contributed by atoms with Crippen LogP contribution < -0.4 is 5.32 Å². The largest absolute Gasteiger partial charge is 0.394 e. The zero-order valence-corrected chi connectivity index (χ0v) is 54.5. The summed E-state index contributed by atoms with van der Waals surface area (Å²) in [5.74, 6) is -0.240. The molecule has 9 N–H and O–H groups in total. The number of carbonyl (C=O) groups excluding carboxylic acids is 1. The van der Waals surface area contributed by atoms with E-state index in [1.807, 2.05) is 6.08 Å². The van der Waals surface area contributed by atoms with Crippen LogP contribution in [0.4, 0.5) is 0 Å². The van der Waals surface area contributed by atoms with Crippen LogP contribution >= 0.6 is 0 Å². The SMILES string of the molecule is CC/C=C\C/C=C\C/C=C\C/C=C\C/C=C\C/C=C\C/C=C\CCCCCCCCCCCCCCCCCCCC(=O)NC(COC1OC(CO)C(OC2OC(CO)C(O)C(O)C2O)C(O)C1O)C(O)/C=C/CCCCCCCCCCCCCC. The number of allylic oxidation sites excluding steroid dienone is 15. The number of aliphatic hydroxyl groups excluding tert-OH is 8. The highest BCUT2D eigenvalue weighted by Gasteiger charge is 2.51. The highest BCUT2D eigenvalue weighted by atomic mass is 16.7. The number of hydrogen-bond donors (Lipinski definition) is 9. The first-order chi connectivity index (χ1) is 42.6. The molecule has 0 spiro atoms. The Morgan fingerprint density at radius 2 is 0.793 bits per heavy atom. The summed E-state index contributed by atoms with van der Waals surface area (Å²) in [5, 5.41) is 87.3. The van der Waals surface area contributed by atoms with Crippen LogP contribution in [0.15, 0.2) is 97.2 Å². The number of nitrogens with one attached hydrogen (secondary N) is 1. The van der Waals surface area contributed by atoms with Gasteiger partial charge in [0.2, 0.25) is 5.91 Å². The molecule has 2 aliphatic rings. The lowest BCUT2D eigenvalue weighted by Crippen LogP contribution is -2.65. The molecule has 14 heteroatoms. The Morgan fingerprint density at radius 3 is 1.22 bits per heavy atom. The first-order valence-corrected chi connectivity index (χ1v) is 35.0. The lowest BCUT2D eigenvalue weighted by atomic mass is 9.97. The molecule has 1 amide bonds. The molecule has 12 unspecified atom stereocenters. The molecular formula is C73H127NO13. The van der Waals surface area contributed by atoms with E-state index in [0.717, 1.165) is 83.5 Å². The van der Waals surface area contributed by atoms with Crippen molar-refractivity contribution in [3.05, 3.63) is 97.2 Å². The fourth-order valence-electron chi connectivity index (χ4n) is 11.0. The van der Waals surface area contributed by atoms with Crippen molar-refractivity contribution in [3.63, 3.8) is 0 Å². The normalized spacial score (nSPS) is 23.9. The maximum Gasteiger partial charge on any atom is 0.220 e. The zero-order chi connectivity index (χ0) is 63.1. The molecule has 14 nitrogen and oxygen atoms in total. The van der Waals surface area contributed by atoms with E-state index in [4.69, 9.17) is 18.9 Å². The van der Waals surface area contributed by atoms with Crippen molar-refractivity contribution in [1.82, 2.24) is 5.32 Å². The maximum absolute atomic E-state index is 13.3. The Hall–Kier alpha value is -3.09. The molecule has 2 saturated heterocycles. The third-order valence-corrected chi connectivity index (χ3v) is 16.5. The van der Waals surface area contributed by atoms with Gasteiger partial charge >= 0.3 is 0 Å². The lowest BCUT2D eigenvalue weighted by Gasteiger charge is -2.46. The van der Waals surface area contributed by atoms with Crippen molar-refractivity contribution in [2.24, 2.45) is 0 Å². The van der Waals surface area contributed by atoms with Crippen LogP contribution in [-0.2, 0) is 23.7 Å². The minimum atomic E-state index is -1.79. The molecular weight excluding hydrogens is 1100 g/mol. The van der Waals surface area contributed by atoms with Gasteiger partial charge in [-0.2, -0.15) is 0 Å². The predicted molar refractivity (Wildman–Crippen MR) is 355 cm³/mol. The Balaban J connectivity index is 1.59. The van der Waals surface area contributed by atoms with Crippen LogP contribution in [0.3, 0.4) is 0 Å². The summed E-state index contributed by atoms with van der Waals surface area (Å²) in [7, 11) is 0. The van der Waals surface area contributed by atoms with Gasteiger partial charge in [-0.15, -0.1) is 0 Å². The smallest absolute Gasteiger partial charge is 0.220 e. The summed E-state index contributed by atoms with van der Waals surface area (Å²) >= 11 is 0. The minimum absolute atomic E-state index is 0.240. The number of amides is 1. The first kappa shape index (κ1) is 80.0. The Labute approximate surface area is 528 Å². The van der Waals surface area contributed by atoms with Crippen molar-refractivity contribution in [3.8, 4) is 0 Å². The summed E-state index contributed by atoms with van der Waals surface area (Å²) in [6.45, 7) is 2.69. The second-order valence-corrected chi connectivity index (χ2v) is 24.3. The van der Waals surface area contributed by atoms with Gasteiger partial charge in [-0.25, -0.2) is 0 Å². The molecule has 0 bridgehead atoms. The Kier molecular flexibility index (Phi) is 52.3. The lowest BCUT2D eigenvalue weighted by molar-refractivity contribution is -0.359. The number of unbranched alkanes of at least 4 members (excludes halogenated alkanes) is 29. The predicted octanol–water partition coefficient (Wildman–Crippen LogP) is 14.2. The van der Waals surface area contributed by atoms with Crippen molar-refractivity contribution in [2.75, 3.05) is 19.8 Å². The van der Waals surface area contributed by atoms with E-state index in [0.29, 0.717) is 6.42 Å². The minimum Gasteiger partial charge on any atom is -0.394 e. The highest BCUT2D eigenvalue weighted by molar-refractivity contribution is 5.76. The van der Waals surface area contributed by atoms with Crippen molar-refractivity contribution in [2.45, 2.75) is 338 Å². The molecule has 2 aliphatic heterocycles. The van der Waals surface area contributed by atoms with Crippen LogP contribution in [0.5, 0.6) is 0 Å². The zero-order valence-electron chi connectivity index (χ0n) is 54.5. The van der Waals surface area contributed by atoms with E-state index < -0.39 is 86.8 Å². The van der Waals surface area contributed by atoms with E-state index in [1.54, 1.807) is 6.08 Å². The molecule has 0 radical (unpaired) electrons. The summed E-state index contributed by atoms with van der Waals surface area (Å²) in [6, 6.07) is -0.918. The first-order valence-electron chi connectivity index (χ1n) is 35.0. The number of aliphatic hydroxyl groups is 8. The Bertz CT molecular complexity index is 1830. The van der Waals surface area contributed by atoms with Gasteiger partial charge < -0.3 is 65.1 Å². The molecule has 0 aromatic rings. The molecule has 0 saturated carbocycles. The topological polar surface area (TPSA) is 228 Å². The third kappa shape index (κ3) is 41.1. The fraction of sp³-hybridized carbons (Fsp3) is 0.767. The van der Waals surface area contributed by atoms with Crippen molar-refractivity contribution >= 4 is 5.91 Å². The molecule has 502 valence electrons. The molecule has 87 heavy (non-hydrogen) atoms. The number of rotatable bonds is 56. The van der Waals surface area contributed by atoms with E-state index >= 15 is 0 Å². The fourth-order valence-corrected chi connectivity index (χ4v) is 11.0. The highest BCUT2D eigenvalue weighted by Crippen LogP contribution is 2.30. The van der Waals surface area contributed by atoms with Gasteiger partial charge in [-0.05, 0) is 77.0 Å². The molecule has 0 aliphatic carbocycles. The molecule has 2 heterocycles. The summed E-state index contributed by atoms with van der Waals surface area (Å²) < 4.78 is 22.8. The number of carbonyl (C=O) groups is 1. The average Bonchev–Trinajstić information content (AvgIpc) is 2.05. The second kappa shape index (κ2) is 56.9. The maximum atomic E-state index is 13.3. The molecule has 0 aromatic carbocycles. The molecule has 2 rings (SSSR count). The van der Waals surface area contributed by atoms with Crippen LogP contribution in [0.25, 0.3) is 0 Å². The van der Waals surface area contributed by atoms with Gasteiger partial charge in [0.05, 0.1) is 32.0 Å². The van der Waals surface area contributed by atoms with Crippen molar-refractivity contribution < 1.29 is 64.6 Å². The van der Waals surface area contributed by atoms with Crippen LogP contribution in [0.1, 0.15) is 264 Å². The van der Waals surface area contributed by atoms with Gasteiger partial charge in [0, 0.05) is 6.42 Å². The standard InChI is InChI=1S/C73H127NO13/c1-3-5-7-9-11-13-15-17-19-20-21-22-23-24-25-26-27-28-29-30-31-32-33-34-35-36-37-38-39-40-41-42-43-45-47-49-51-53-55-57-65(78)74-61(62(77)56-54-52-50-48-46-44-18-16-14-12-10-8-6-4-2)60-84-72-70(83)68(81)71(64(59-76)86-72)87-73-69(82)67(80)66(79)63(58-75)85-73/h5,7,11,13,17,19,21-22,24-25,27-28,30-31,54,56,61-64,66-73,75-77,79-83H,3-4,6,8-10,12,14-16,18,20,23,26,29,32-53,55,57-60H2,1-2H3,(H,74,78)/b7-5-,13-11-,19-17-,22-21-,25-24-,28-27-,31-30-,56-54+. The average molecular weight is 1230 g/mol. The summed E-state index contributed by atoms with van der Waals surface area (Å²) in [5.41, 5.74) is 0. The van der Waals surface area contributed by atoms with Crippen LogP contribution in [-0.4, -0.2) is 140 Å². The van der Waals surface area contributed by atoms with E-state index in [1.165, 1.54) is 154 Å². The third-order valence-electron chi connectivity index (χ3n) is 16.5. The second-order valence-electron chi connectivity index (χ2n) is 24.3. The Morgan fingerprint density at radius 1 is 0.425 bits per heavy atom. The quantitative estimate of drug-likeness (QED) is 0.0204. The van der Waals surface area contributed by atoms with Crippen LogP contribution in [0, 0.1) is 0 Å². The van der Waals surface area contributed by atoms with Crippen molar-refractivity contribution in [1.29, 1.82) is 0 Å². The van der Waals surface area contributed by atoms with Gasteiger partial charge in [0.15, 0.2) is 12.6 Å². The molecule has 0 aromatic heterocycles. The van der Waals surface area contributed by atoms with E-state index in [9.17, 15) is 45.6 Å². The number of ether oxygens (including phenoxy) is 4. The monoisotopic (exact) mass is 1230 g/mol.